The first-order valence-corrected chi connectivity index (χ1v) is 17.8. The Bertz CT molecular complexity index is 1290. The van der Waals surface area contributed by atoms with Crippen LogP contribution in [0.2, 0.25) is 25.7 Å². The number of ether oxygens (including phenoxy) is 2. The van der Waals surface area contributed by atoms with E-state index in [1.807, 2.05) is 48.7 Å². The fourth-order valence-corrected chi connectivity index (χ4v) is 5.43. The van der Waals surface area contributed by atoms with Gasteiger partial charge in [-0.05, 0) is 38.3 Å². The number of carbonyl (C=O) groups is 2. The van der Waals surface area contributed by atoms with E-state index in [-0.39, 0.29) is 30.7 Å². The SMILES string of the molecule is CCNC(=O)c1cn(COCC[Si](C)(C)C)c2ncc(N[C@H]3CC[C@@H](C)N(C(=O)OCc4ccccc4)C3)nc12. The summed E-state index contributed by atoms with van der Waals surface area (Å²) in [4.78, 5) is 36.9. The van der Waals surface area contributed by atoms with Crippen molar-refractivity contribution < 1.29 is 19.1 Å². The summed E-state index contributed by atoms with van der Waals surface area (Å²) in [6.45, 7) is 13.1. The third kappa shape index (κ3) is 7.82. The topological polar surface area (TPSA) is 111 Å². The molecule has 2 atom stereocenters. The number of likely N-dealkylation sites (tertiary alicyclic amines) is 1. The normalized spacial score (nSPS) is 17.6. The second-order valence-corrected chi connectivity index (χ2v) is 17.2. The Morgan fingerprint density at radius 1 is 1.15 bits per heavy atom. The van der Waals surface area contributed by atoms with Gasteiger partial charge >= 0.3 is 6.09 Å². The number of benzene rings is 1. The minimum atomic E-state index is -1.21. The monoisotopic (exact) mass is 566 g/mol. The van der Waals surface area contributed by atoms with Crippen molar-refractivity contribution in [3.05, 3.63) is 53.9 Å². The molecular formula is C29H42N6O4Si. The van der Waals surface area contributed by atoms with E-state index < -0.39 is 8.07 Å². The van der Waals surface area contributed by atoms with E-state index in [1.165, 1.54) is 0 Å². The molecule has 0 saturated carbocycles. The lowest BCUT2D eigenvalue weighted by atomic mass is 10.00. The number of aromatic nitrogens is 3. The number of nitrogens with zero attached hydrogens (tertiary/aromatic N) is 4. The summed E-state index contributed by atoms with van der Waals surface area (Å²) in [7, 11) is -1.21. The molecule has 1 fully saturated rings. The van der Waals surface area contributed by atoms with Gasteiger partial charge in [0.1, 0.15) is 24.7 Å². The lowest BCUT2D eigenvalue weighted by Crippen LogP contribution is -2.49. The molecule has 10 nitrogen and oxygen atoms in total. The zero-order chi connectivity index (χ0) is 28.7. The highest BCUT2D eigenvalue weighted by atomic mass is 28.3. The first kappa shape index (κ1) is 29.5. The van der Waals surface area contributed by atoms with Crippen molar-refractivity contribution in [1.82, 2.24) is 24.8 Å². The molecule has 1 saturated heterocycles. The van der Waals surface area contributed by atoms with Crippen LogP contribution < -0.4 is 10.6 Å². The summed E-state index contributed by atoms with van der Waals surface area (Å²) < 4.78 is 13.4. The van der Waals surface area contributed by atoms with Crippen molar-refractivity contribution in [3.8, 4) is 0 Å². The molecule has 40 heavy (non-hydrogen) atoms. The van der Waals surface area contributed by atoms with Gasteiger partial charge in [0, 0.05) is 46.1 Å². The van der Waals surface area contributed by atoms with E-state index in [0.717, 1.165) is 24.4 Å². The average molecular weight is 567 g/mol. The van der Waals surface area contributed by atoms with Gasteiger partial charge in [-0.15, -0.1) is 0 Å². The highest BCUT2D eigenvalue weighted by Gasteiger charge is 2.30. The Morgan fingerprint density at radius 2 is 1.93 bits per heavy atom. The predicted molar refractivity (Wildman–Crippen MR) is 159 cm³/mol. The van der Waals surface area contributed by atoms with E-state index in [2.05, 4.69) is 35.3 Å². The second-order valence-electron chi connectivity index (χ2n) is 11.6. The number of rotatable bonds is 11. The van der Waals surface area contributed by atoms with Gasteiger partial charge in [0.05, 0.1) is 11.8 Å². The molecule has 2 N–H and O–H groups in total. The number of hydrogen-bond donors (Lipinski definition) is 2. The highest BCUT2D eigenvalue weighted by Crippen LogP contribution is 2.24. The largest absolute Gasteiger partial charge is 0.445 e. The Morgan fingerprint density at radius 3 is 2.65 bits per heavy atom. The lowest BCUT2D eigenvalue weighted by Gasteiger charge is -2.37. The fourth-order valence-electron chi connectivity index (χ4n) is 4.67. The smallest absolute Gasteiger partial charge is 0.410 e. The molecule has 216 valence electrons. The highest BCUT2D eigenvalue weighted by molar-refractivity contribution is 6.76. The van der Waals surface area contributed by atoms with Crippen molar-refractivity contribution in [2.45, 2.75) is 77.8 Å². The standard InChI is InChI=1S/C29H42N6O4Si/c1-6-30-28(36)24-18-34(20-38-14-15-40(3,4)5)27-26(24)33-25(16-31-27)32-23-13-12-21(2)35(17-23)29(37)39-19-22-10-8-7-9-11-22/h7-11,16,18,21,23H,6,12-15,17,19-20H2,1-5H3,(H,30,36)(H,32,33)/t21-,23+/m1/s1. The van der Waals surface area contributed by atoms with Gasteiger partial charge in [0.25, 0.3) is 5.91 Å². The first-order chi connectivity index (χ1) is 19.1. The number of fused-ring (bicyclic) bond motifs is 1. The van der Waals surface area contributed by atoms with Gasteiger partial charge < -0.3 is 29.6 Å². The third-order valence-electron chi connectivity index (χ3n) is 7.05. The Balaban J connectivity index is 1.45. The molecule has 0 bridgehead atoms. The molecule has 2 aromatic heterocycles. The van der Waals surface area contributed by atoms with Crippen molar-refractivity contribution in [2.75, 3.05) is 25.0 Å². The molecule has 0 radical (unpaired) electrons. The quantitative estimate of drug-likeness (QED) is 0.246. The maximum absolute atomic E-state index is 12.9. The zero-order valence-electron chi connectivity index (χ0n) is 24.3. The molecule has 3 aromatic rings. The minimum Gasteiger partial charge on any atom is -0.445 e. The van der Waals surface area contributed by atoms with Crippen molar-refractivity contribution in [1.29, 1.82) is 0 Å². The number of amides is 2. The van der Waals surface area contributed by atoms with Gasteiger partial charge in [-0.2, -0.15) is 0 Å². The van der Waals surface area contributed by atoms with E-state index in [0.29, 0.717) is 49.0 Å². The van der Waals surface area contributed by atoms with Gasteiger partial charge in [-0.1, -0.05) is 50.0 Å². The predicted octanol–water partition coefficient (Wildman–Crippen LogP) is 5.09. The van der Waals surface area contributed by atoms with Crippen LogP contribution in [0.5, 0.6) is 0 Å². The van der Waals surface area contributed by atoms with Crippen LogP contribution in [0.25, 0.3) is 11.2 Å². The number of anilines is 1. The average Bonchev–Trinajstić information content (AvgIpc) is 3.29. The van der Waals surface area contributed by atoms with Crippen LogP contribution in [-0.2, 0) is 22.8 Å². The number of nitrogens with one attached hydrogen (secondary N) is 2. The third-order valence-corrected chi connectivity index (χ3v) is 8.75. The first-order valence-electron chi connectivity index (χ1n) is 14.1. The number of carbonyl (C=O) groups excluding carboxylic acids is 2. The van der Waals surface area contributed by atoms with Gasteiger partial charge in [0.15, 0.2) is 5.65 Å². The van der Waals surface area contributed by atoms with Crippen LogP contribution >= 0.6 is 0 Å². The summed E-state index contributed by atoms with van der Waals surface area (Å²) in [6, 6.07) is 10.8. The Hall–Kier alpha value is -3.44. The molecule has 3 heterocycles. The van der Waals surface area contributed by atoms with Crippen LogP contribution in [0.15, 0.2) is 42.7 Å². The summed E-state index contributed by atoms with van der Waals surface area (Å²) in [5.41, 5.74) is 2.54. The molecule has 1 aliphatic heterocycles. The number of piperidine rings is 1. The van der Waals surface area contributed by atoms with Crippen LogP contribution in [0, 0.1) is 0 Å². The molecule has 11 heteroatoms. The Labute approximate surface area is 237 Å². The van der Waals surface area contributed by atoms with E-state index in [9.17, 15) is 9.59 Å². The molecule has 0 spiro atoms. The summed E-state index contributed by atoms with van der Waals surface area (Å²) in [5.74, 6) is 0.367. The van der Waals surface area contributed by atoms with Gasteiger partial charge in [-0.25, -0.2) is 14.8 Å². The molecule has 1 aromatic carbocycles. The maximum Gasteiger partial charge on any atom is 0.410 e. The Kier molecular flexibility index (Phi) is 9.80. The zero-order valence-corrected chi connectivity index (χ0v) is 25.3. The van der Waals surface area contributed by atoms with Crippen LogP contribution in [0.4, 0.5) is 10.6 Å². The van der Waals surface area contributed by atoms with Gasteiger partial charge in [0.2, 0.25) is 0 Å². The molecular weight excluding hydrogens is 524 g/mol. The van der Waals surface area contributed by atoms with E-state index in [1.54, 1.807) is 17.3 Å². The van der Waals surface area contributed by atoms with E-state index >= 15 is 0 Å². The summed E-state index contributed by atoms with van der Waals surface area (Å²) in [5, 5.41) is 6.31. The molecule has 4 rings (SSSR count). The van der Waals surface area contributed by atoms with Crippen molar-refractivity contribution >= 4 is 37.1 Å². The van der Waals surface area contributed by atoms with Crippen LogP contribution in [-0.4, -0.2) is 71.3 Å². The second kappa shape index (κ2) is 13.3. The summed E-state index contributed by atoms with van der Waals surface area (Å²) >= 11 is 0. The molecule has 0 aliphatic carbocycles. The molecule has 1 aliphatic rings. The minimum absolute atomic E-state index is 0.0212. The molecule has 2 amide bonds. The van der Waals surface area contributed by atoms with Crippen LogP contribution in [0.3, 0.4) is 0 Å². The van der Waals surface area contributed by atoms with Crippen molar-refractivity contribution in [2.24, 2.45) is 0 Å². The van der Waals surface area contributed by atoms with Gasteiger partial charge in [-0.3, -0.25) is 4.79 Å². The number of hydrogen-bond acceptors (Lipinski definition) is 7. The fraction of sp³-hybridized carbons (Fsp3) is 0.517. The molecule has 0 unspecified atom stereocenters. The lowest BCUT2D eigenvalue weighted by molar-refractivity contribution is 0.0695. The maximum atomic E-state index is 12.9. The van der Waals surface area contributed by atoms with E-state index in [4.69, 9.17) is 14.5 Å². The van der Waals surface area contributed by atoms with Crippen LogP contribution in [0.1, 0.15) is 42.6 Å². The summed E-state index contributed by atoms with van der Waals surface area (Å²) in [6.07, 6.45) is 4.83. The van der Waals surface area contributed by atoms with Crippen molar-refractivity contribution in [3.63, 3.8) is 0 Å².